The molecule has 0 heterocycles. The van der Waals surface area contributed by atoms with Crippen LogP contribution in [0.5, 0.6) is 5.75 Å². The summed E-state index contributed by atoms with van der Waals surface area (Å²) in [5.41, 5.74) is 4.75. The molecule has 0 aliphatic heterocycles. The summed E-state index contributed by atoms with van der Waals surface area (Å²) < 4.78 is 49.2. The van der Waals surface area contributed by atoms with Crippen molar-refractivity contribution in [3.63, 3.8) is 0 Å². The van der Waals surface area contributed by atoms with E-state index in [1.54, 1.807) is 19.2 Å². The number of hydrogen-bond acceptors (Lipinski definition) is 2. The van der Waals surface area contributed by atoms with Crippen LogP contribution in [0.4, 0.5) is 13.2 Å². The Labute approximate surface area is 185 Å². The molecule has 164 valence electrons. The third-order valence-corrected chi connectivity index (χ3v) is 5.46. The van der Waals surface area contributed by atoms with Crippen molar-refractivity contribution in [2.75, 3.05) is 7.11 Å². The van der Waals surface area contributed by atoms with Crippen molar-refractivity contribution in [3.8, 4) is 16.9 Å². The Kier molecular flexibility index (Phi) is 6.76. The summed E-state index contributed by atoms with van der Waals surface area (Å²) >= 11 is 0. The van der Waals surface area contributed by atoms with E-state index < -0.39 is 6.61 Å². The highest BCUT2D eigenvalue weighted by Gasteiger charge is 2.10. The van der Waals surface area contributed by atoms with Gasteiger partial charge in [0.1, 0.15) is 11.6 Å². The molecule has 0 saturated carbocycles. The summed E-state index contributed by atoms with van der Waals surface area (Å²) in [5, 5.41) is 1.43. The van der Waals surface area contributed by atoms with E-state index in [9.17, 15) is 8.78 Å². The molecule has 0 fully saturated rings. The minimum atomic E-state index is -2.84. The van der Waals surface area contributed by atoms with Gasteiger partial charge in [-0.3, -0.25) is 0 Å². The fourth-order valence-electron chi connectivity index (χ4n) is 3.79. The van der Waals surface area contributed by atoms with E-state index in [2.05, 4.69) is 4.74 Å². The minimum absolute atomic E-state index is 0.116. The second-order valence-electron chi connectivity index (χ2n) is 7.63. The average Bonchev–Trinajstić information content (AvgIpc) is 2.80. The maximum absolute atomic E-state index is 15.1. The molecular formula is C27H23F3O2. The van der Waals surface area contributed by atoms with Crippen LogP contribution in [-0.2, 0) is 24.2 Å². The van der Waals surface area contributed by atoms with Gasteiger partial charge in [0, 0.05) is 12.5 Å². The second-order valence-corrected chi connectivity index (χ2v) is 7.63. The monoisotopic (exact) mass is 436 g/mol. The Balaban J connectivity index is 1.49. The van der Waals surface area contributed by atoms with Crippen molar-refractivity contribution >= 4 is 10.8 Å². The van der Waals surface area contributed by atoms with Gasteiger partial charge in [0.2, 0.25) is 0 Å². The highest BCUT2D eigenvalue weighted by molar-refractivity contribution is 5.88. The lowest BCUT2D eigenvalue weighted by Crippen LogP contribution is -2.02. The summed E-state index contributed by atoms with van der Waals surface area (Å²) in [5.74, 6) is -0.105. The summed E-state index contributed by atoms with van der Waals surface area (Å²) in [4.78, 5) is 0. The molecule has 0 spiro atoms. The molecule has 5 heteroatoms. The first-order valence-electron chi connectivity index (χ1n) is 10.4. The lowest BCUT2D eigenvalue weighted by Gasteiger charge is -2.10. The van der Waals surface area contributed by atoms with Gasteiger partial charge in [-0.05, 0) is 64.2 Å². The molecule has 4 rings (SSSR count). The minimum Gasteiger partial charge on any atom is -0.435 e. The number of aryl methyl sites for hydroxylation is 2. The van der Waals surface area contributed by atoms with Crippen LogP contribution in [0.1, 0.15) is 16.7 Å². The zero-order valence-electron chi connectivity index (χ0n) is 17.7. The predicted molar refractivity (Wildman–Crippen MR) is 121 cm³/mol. The van der Waals surface area contributed by atoms with Crippen LogP contribution in [-0.4, -0.2) is 13.7 Å². The highest BCUT2D eigenvalue weighted by atomic mass is 19.3. The third-order valence-electron chi connectivity index (χ3n) is 5.46. The smallest absolute Gasteiger partial charge is 0.387 e. The number of benzene rings is 4. The largest absolute Gasteiger partial charge is 0.435 e. The van der Waals surface area contributed by atoms with Gasteiger partial charge in [-0.2, -0.15) is 8.78 Å². The van der Waals surface area contributed by atoms with Gasteiger partial charge in [-0.15, -0.1) is 0 Å². The van der Waals surface area contributed by atoms with Crippen LogP contribution >= 0.6 is 0 Å². The number of alkyl halides is 2. The molecule has 0 aliphatic rings. The molecular weight excluding hydrogens is 413 g/mol. The molecule has 0 bridgehead atoms. The summed E-state index contributed by atoms with van der Waals surface area (Å²) in [6.07, 6.45) is 1.11. The first-order chi connectivity index (χ1) is 15.5. The second kappa shape index (κ2) is 9.88. The fourth-order valence-corrected chi connectivity index (χ4v) is 3.79. The highest BCUT2D eigenvalue weighted by Crippen LogP contribution is 2.28. The number of fused-ring (bicyclic) bond motifs is 1. The van der Waals surface area contributed by atoms with E-state index in [4.69, 9.17) is 4.74 Å². The van der Waals surface area contributed by atoms with E-state index >= 15 is 4.39 Å². The predicted octanol–water partition coefficient (Wildman–Crippen LogP) is 7.18. The van der Waals surface area contributed by atoms with Crippen molar-refractivity contribution in [2.24, 2.45) is 0 Å². The number of halogens is 3. The van der Waals surface area contributed by atoms with Gasteiger partial charge < -0.3 is 9.47 Å². The first kappa shape index (κ1) is 21.9. The normalized spacial score (nSPS) is 11.3. The molecule has 32 heavy (non-hydrogen) atoms. The molecule has 0 aromatic heterocycles. The van der Waals surface area contributed by atoms with Crippen molar-refractivity contribution < 1.29 is 22.6 Å². The Morgan fingerprint density at radius 2 is 1.44 bits per heavy atom. The average molecular weight is 436 g/mol. The zero-order chi connectivity index (χ0) is 22.5. The molecule has 4 aromatic rings. The standard InChI is InChI=1S/C27H23F3O2/c1-31-17-19-3-7-20(8-4-19)22-12-15-25-23(16-22)11-10-21(26(25)28)9-2-18-5-13-24(14-6-18)32-27(29)30/h3-8,10-16,27H,2,9,17H2,1H3. The number of rotatable bonds is 8. The van der Waals surface area contributed by atoms with Gasteiger partial charge in [0.25, 0.3) is 0 Å². The molecule has 0 atom stereocenters. The third kappa shape index (κ3) is 5.11. The van der Waals surface area contributed by atoms with Gasteiger partial charge in [0.15, 0.2) is 0 Å². The van der Waals surface area contributed by atoms with E-state index in [-0.39, 0.29) is 11.6 Å². The Hall–Kier alpha value is -3.31. The van der Waals surface area contributed by atoms with Crippen LogP contribution < -0.4 is 4.74 Å². The summed E-state index contributed by atoms with van der Waals surface area (Å²) in [6.45, 7) is -2.28. The van der Waals surface area contributed by atoms with Crippen LogP contribution in [0, 0.1) is 5.82 Å². The number of hydrogen-bond donors (Lipinski definition) is 0. The van der Waals surface area contributed by atoms with Crippen molar-refractivity contribution in [1.82, 2.24) is 0 Å². The van der Waals surface area contributed by atoms with E-state index in [0.29, 0.717) is 30.4 Å². The Morgan fingerprint density at radius 3 is 2.12 bits per heavy atom. The van der Waals surface area contributed by atoms with E-state index in [1.165, 1.54) is 12.1 Å². The summed E-state index contributed by atoms with van der Waals surface area (Å²) in [7, 11) is 1.67. The Bertz CT molecular complexity index is 1190. The molecule has 0 saturated heterocycles. The van der Waals surface area contributed by atoms with Crippen molar-refractivity contribution in [3.05, 3.63) is 101 Å². The maximum Gasteiger partial charge on any atom is 0.387 e. The summed E-state index contributed by atoms with van der Waals surface area (Å²) in [6, 6.07) is 24.1. The fraction of sp³-hybridized carbons (Fsp3) is 0.185. The van der Waals surface area contributed by atoms with E-state index in [1.807, 2.05) is 54.6 Å². The molecule has 4 aromatic carbocycles. The van der Waals surface area contributed by atoms with Crippen LogP contribution in [0.15, 0.2) is 78.9 Å². The van der Waals surface area contributed by atoms with Gasteiger partial charge in [0.05, 0.1) is 6.61 Å². The molecule has 0 N–H and O–H groups in total. The van der Waals surface area contributed by atoms with Crippen molar-refractivity contribution in [2.45, 2.75) is 26.1 Å². The lowest BCUT2D eigenvalue weighted by atomic mass is 9.97. The molecule has 0 radical (unpaired) electrons. The number of ether oxygens (including phenoxy) is 2. The maximum atomic E-state index is 15.1. The molecule has 0 amide bonds. The van der Waals surface area contributed by atoms with Crippen LogP contribution in [0.2, 0.25) is 0 Å². The number of methoxy groups -OCH3 is 1. The Morgan fingerprint density at radius 1 is 0.750 bits per heavy atom. The molecule has 0 unspecified atom stereocenters. The van der Waals surface area contributed by atoms with Crippen molar-refractivity contribution in [1.29, 1.82) is 0 Å². The van der Waals surface area contributed by atoms with Gasteiger partial charge >= 0.3 is 6.61 Å². The first-order valence-corrected chi connectivity index (χ1v) is 10.4. The topological polar surface area (TPSA) is 18.5 Å². The SMILES string of the molecule is COCc1ccc(-c2ccc3c(F)c(CCc4ccc(OC(F)F)cc4)ccc3c2)cc1. The van der Waals surface area contributed by atoms with Crippen LogP contribution in [0.3, 0.4) is 0 Å². The molecule has 0 aliphatic carbocycles. The van der Waals surface area contributed by atoms with Crippen LogP contribution in [0.25, 0.3) is 21.9 Å². The van der Waals surface area contributed by atoms with E-state index in [0.717, 1.165) is 27.6 Å². The molecule has 2 nitrogen and oxygen atoms in total. The van der Waals surface area contributed by atoms with Gasteiger partial charge in [-0.1, -0.05) is 60.7 Å². The quantitative estimate of drug-likeness (QED) is 0.291. The van der Waals surface area contributed by atoms with Gasteiger partial charge in [-0.25, -0.2) is 4.39 Å². The zero-order valence-corrected chi connectivity index (χ0v) is 17.7. The lowest BCUT2D eigenvalue weighted by molar-refractivity contribution is -0.0498.